The summed E-state index contributed by atoms with van der Waals surface area (Å²) in [5, 5.41) is 0. The normalized spacial score (nSPS) is 24.5. The van der Waals surface area contributed by atoms with Crippen LogP contribution in [0, 0.1) is 31.6 Å². The summed E-state index contributed by atoms with van der Waals surface area (Å²) in [6.07, 6.45) is 3.59. The van der Waals surface area contributed by atoms with Gasteiger partial charge in [0, 0.05) is 18.7 Å². The molecule has 7 nitrogen and oxygen atoms in total. The van der Waals surface area contributed by atoms with Gasteiger partial charge in [0.2, 0.25) is 17.7 Å². The lowest BCUT2D eigenvalue weighted by atomic mass is 9.81. The third kappa shape index (κ3) is 4.00. The molecule has 34 heavy (non-hydrogen) atoms. The highest BCUT2D eigenvalue weighted by Gasteiger charge is 2.48. The Kier molecular flexibility index (Phi) is 5.71. The van der Waals surface area contributed by atoms with E-state index in [2.05, 4.69) is 0 Å². The average molecular weight is 461 g/mol. The molecule has 3 aliphatic rings. The third-order valence-corrected chi connectivity index (χ3v) is 7.13. The number of ether oxygens (including phenoxy) is 1. The molecule has 1 saturated carbocycles. The van der Waals surface area contributed by atoms with E-state index in [1.807, 2.05) is 32.0 Å². The van der Waals surface area contributed by atoms with E-state index in [-0.39, 0.29) is 42.5 Å². The number of carbonyl (C=O) groups is 4. The van der Waals surface area contributed by atoms with E-state index < -0.39 is 11.9 Å². The Morgan fingerprint density at radius 3 is 2.03 bits per heavy atom. The van der Waals surface area contributed by atoms with Gasteiger partial charge in [0.1, 0.15) is 5.75 Å². The van der Waals surface area contributed by atoms with Gasteiger partial charge in [0.05, 0.1) is 23.4 Å². The van der Waals surface area contributed by atoms with E-state index in [4.69, 9.17) is 4.74 Å². The highest BCUT2D eigenvalue weighted by atomic mass is 16.5. The lowest BCUT2D eigenvalue weighted by Crippen LogP contribution is -2.30. The molecule has 0 bridgehead atoms. The smallest absolute Gasteiger partial charge is 0.316 e. The molecule has 2 aromatic carbocycles. The van der Waals surface area contributed by atoms with Gasteiger partial charge in [-0.25, -0.2) is 0 Å². The predicted octanol–water partition coefficient (Wildman–Crippen LogP) is 3.94. The number of fused-ring (bicyclic) bond motifs is 1. The van der Waals surface area contributed by atoms with Crippen molar-refractivity contribution in [2.75, 3.05) is 16.3 Å². The first-order valence-electron chi connectivity index (χ1n) is 11.9. The monoisotopic (exact) mass is 460 g/mol. The second-order valence-corrected chi connectivity index (χ2v) is 9.68. The van der Waals surface area contributed by atoms with Crippen LogP contribution in [0.15, 0.2) is 42.5 Å². The molecule has 7 heteroatoms. The molecule has 0 N–H and O–H groups in total. The Labute approximate surface area is 198 Å². The summed E-state index contributed by atoms with van der Waals surface area (Å²) in [6, 6.07) is 12.4. The Bertz CT molecular complexity index is 1130. The molecule has 0 spiro atoms. The number of carbonyl (C=O) groups excluding carboxylic acids is 4. The van der Waals surface area contributed by atoms with Crippen LogP contribution in [0.4, 0.5) is 11.4 Å². The standard InChI is InChI=1S/C27H28N2O5/c1-16-11-17(2)13-20(12-16)28-15-18(14-24(28)30)27(33)34-21-9-7-19(8-10-21)29-25(31)22-5-3-4-6-23(22)26(29)32/h7-13,18,22-23H,3-6,14-15H2,1-2H3/t18-,22-,23+/m1/s1. The van der Waals surface area contributed by atoms with Gasteiger partial charge in [-0.15, -0.1) is 0 Å². The number of imide groups is 1. The van der Waals surface area contributed by atoms with Crippen LogP contribution < -0.4 is 14.5 Å². The molecular formula is C27H28N2O5. The quantitative estimate of drug-likeness (QED) is 0.392. The zero-order valence-electron chi connectivity index (χ0n) is 19.5. The van der Waals surface area contributed by atoms with Gasteiger partial charge < -0.3 is 9.64 Å². The van der Waals surface area contributed by atoms with Crippen molar-refractivity contribution in [2.45, 2.75) is 46.0 Å². The van der Waals surface area contributed by atoms with E-state index in [0.29, 0.717) is 11.4 Å². The number of benzene rings is 2. The largest absolute Gasteiger partial charge is 0.426 e. The van der Waals surface area contributed by atoms with Crippen LogP contribution in [0.5, 0.6) is 5.75 Å². The molecule has 1 aliphatic carbocycles. The van der Waals surface area contributed by atoms with E-state index in [1.165, 1.54) is 4.90 Å². The van der Waals surface area contributed by atoms with Gasteiger partial charge in [0.25, 0.3) is 0 Å². The predicted molar refractivity (Wildman–Crippen MR) is 126 cm³/mol. The fourth-order valence-corrected chi connectivity index (χ4v) is 5.50. The second-order valence-electron chi connectivity index (χ2n) is 9.68. The van der Waals surface area contributed by atoms with E-state index in [0.717, 1.165) is 42.5 Å². The minimum atomic E-state index is -0.558. The number of anilines is 2. The van der Waals surface area contributed by atoms with Gasteiger partial charge in [0.15, 0.2) is 0 Å². The summed E-state index contributed by atoms with van der Waals surface area (Å²) in [5.74, 6) is -1.48. The van der Waals surface area contributed by atoms with Crippen molar-refractivity contribution in [1.82, 2.24) is 0 Å². The number of rotatable bonds is 4. The van der Waals surface area contributed by atoms with Crippen LogP contribution in [-0.4, -0.2) is 30.2 Å². The Morgan fingerprint density at radius 2 is 1.44 bits per heavy atom. The van der Waals surface area contributed by atoms with Crippen LogP contribution in [0.25, 0.3) is 0 Å². The fraction of sp³-hybridized carbons (Fsp3) is 0.407. The maximum absolute atomic E-state index is 12.8. The lowest BCUT2D eigenvalue weighted by Gasteiger charge is -2.19. The average Bonchev–Trinajstić information content (AvgIpc) is 3.32. The zero-order chi connectivity index (χ0) is 24.0. The summed E-state index contributed by atoms with van der Waals surface area (Å²) in [7, 11) is 0. The second kappa shape index (κ2) is 8.70. The maximum Gasteiger partial charge on any atom is 0.316 e. The van der Waals surface area contributed by atoms with Crippen LogP contribution in [0.3, 0.4) is 0 Å². The molecule has 176 valence electrons. The van der Waals surface area contributed by atoms with E-state index >= 15 is 0 Å². The molecule has 2 saturated heterocycles. The summed E-state index contributed by atoms with van der Waals surface area (Å²) >= 11 is 0. The number of aryl methyl sites for hydroxylation is 2. The van der Waals surface area contributed by atoms with E-state index in [1.54, 1.807) is 29.2 Å². The Balaban J connectivity index is 1.25. The molecule has 2 aliphatic heterocycles. The summed E-state index contributed by atoms with van der Waals surface area (Å²) < 4.78 is 5.54. The highest BCUT2D eigenvalue weighted by Crippen LogP contribution is 2.40. The lowest BCUT2D eigenvalue weighted by molar-refractivity contribution is -0.139. The molecule has 0 radical (unpaired) electrons. The zero-order valence-corrected chi connectivity index (χ0v) is 19.5. The molecule has 0 unspecified atom stereocenters. The van der Waals surface area contributed by atoms with Gasteiger partial charge in [-0.2, -0.15) is 0 Å². The van der Waals surface area contributed by atoms with Gasteiger partial charge in [-0.1, -0.05) is 18.9 Å². The molecule has 2 heterocycles. The molecule has 3 fully saturated rings. The third-order valence-electron chi connectivity index (χ3n) is 7.13. The van der Waals surface area contributed by atoms with Crippen LogP contribution in [0.2, 0.25) is 0 Å². The summed E-state index contributed by atoms with van der Waals surface area (Å²) in [6.45, 7) is 4.23. The topological polar surface area (TPSA) is 84.0 Å². The number of nitrogens with zero attached hydrogens (tertiary/aromatic N) is 2. The first kappa shape index (κ1) is 22.3. The van der Waals surface area contributed by atoms with Crippen molar-refractivity contribution in [1.29, 1.82) is 0 Å². The Hall–Kier alpha value is -3.48. The van der Waals surface area contributed by atoms with Gasteiger partial charge >= 0.3 is 5.97 Å². The van der Waals surface area contributed by atoms with Crippen molar-refractivity contribution in [3.05, 3.63) is 53.6 Å². The molecule has 2 aromatic rings. The van der Waals surface area contributed by atoms with Gasteiger partial charge in [-0.05, 0) is 74.2 Å². The van der Waals surface area contributed by atoms with Crippen molar-refractivity contribution in [3.8, 4) is 5.75 Å². The van der Waals surface area contributed by atoms with Crippen LogP contribution in [0.1, 0.15) is 43.2 Å². The molecule has 3 amide bonds. The molecule has 5 rings (SSSR count). The van der Waals surface area contributed by atoms with E-state index in [9.17, 15) is 19.2 Å². The number of hydrogen-bond donors (Lipinski definition) is 0. The molecule has 3 atom stereocenters. The van der Waals surface area contributed by atoms with Crippen molar-refractivity contribution >= 4 is 35.1 Å². The summed E-state index contributed by atoms with van der Waals surface area (Å²) in [4.78, 5) is 53.8. The number of amides is 3. The minimum Gasteiger partial charge on any atom is -0.426 e. The molecule has 0 aromatic heterocycles. The number of hydrogen-bond acceptors (Lipinski definition) is 5. The Morgan fingerprint density at radius 1 is 0.853 bits per heavy atom. The fourth-order valence-electron chi connectivity index (χ4n) is 5.50. The van der Waals surface area contributed by atoms with Crippen molar-refractivity contribution in [3.63, 3.8) is 0 Å². The molecular weight excluding hydrogens is 432 g/mol. The minimum absolute atomic E-state index is 0.101. The first-order chi connectivity index (χ1) is 16.3. The van der Waals surface area contributed by atoms with Crippen molar-refractivity contribution < 1.29 is 23.9 Å². The summed E-state index contributed by atoms with van der Waals surface area (Å²) in [5.41, 5.74) is 3.41. The SMILES string of the molecule is Cc1cc(C)cc(N2C[C@H](C(=O)Oc3ccc(N4C(=O)[C@H]5CCCC[C@H]5C4=O)cc3)CC2=O)c1. The van der Waals surface area contributed by atoms with Crippen molar-refractivity contribution in [2.24, 2.45) is 17.8 Å². The maximum atomic E-state index is 12.8. The first-order valence-corrected chi connectivity index (χ1v) is 11.9. The van der Waals surface area contributed by atoms with Crippen LogP contribution in [-0.2, 0) is 19.2 Å². The number of esters is 1. The highest BCUT2D eigenvalue weighted by molar-refractivity contribution is 6.22. The van der Waals surface area contributed by atoms with Gasteiger partial charge in [-0.3, -0.25) is 24.1 Å². The van der Waals surface area contributed by atoms with Crippen LogP contribution >= 0.6 is 0 Å².